The first-order chi connectivity index (χ1) is 15.6. The normalized spacial score (nSPS) is 12.8. The van der Waals surface area contributed by atoms with E-state index in [2.05, 4.69) is 15.0 Å². The number of rotatable bonds is 4. The van der Waals surface area contributed by atoms with Gasteiger partial charge >= 0.3 is 5.97 Å². The second-order valence-corrected chi connectivity index (χ2v) is 7.56. The number of ether oxygens (including phenoxy) is 1. The van der Waals surface area contributed by atoms with Gasteiger partial charge in [0.2, 0.25) is 5.43 Å². The summed E-state index contributed by atoms with van der Waals surface area (Å²) in [5.41, 5.74) is 1.72. The summed E-state index contributed by atoms with van der Waals surface area (Å²) in [7, 11) is 0. The van der Waals surface area contributed by atoms with Gasteiger partial charge in [0, 0.05) is 31.3 Å². The van der Waals surface area contributed by atoms with Crippen LogP contribution in [0.2, 0.25) is 5.02 Å². The van der Waals surface area contributed by atoms with Gasteiger partial charge in [0.25, 0.3) is 0 Å². The number of anilines is 1. The summed E-state index contributed by atoms with van der Waals surface area (Å²) in [6, 6.07) is 5.44. The molecule has 0 saturated heterocycles. The van der Waals surface area contributed by atoms with Crippen molar-refractivity contribution < 1.29 is 9.53 Å². The summed E-state index contributed by atoms with van der Waals surface area (Å²) >= 11 is 6.57. The molecule has 5 heterocycles. The second kappa shape index (κ2) is 8.01. The van der Waals surface area contributed by atoms with Crippen LogP contribution in [0, 0.1) is 0 Å². The van der Waals surface area contributed by atoms with Crippen LogP contribution in [-0.2, 0) is 17.8 Å². The molecule has 0 aliphatic carbocycles. The van der Waals surface area contributed by atoms with Gasteiger partial charge < -0.3 is 9.64 Å². The third-order valence-electron chi connectivity index (χ3n) is 5.19. The Morgan fingerprint density at radius 2 is 2.09 bits per heavy atom. The molecule has 0 atom stereocenters. The number of esters is 1. The Bertz CT molecular complexity index is 1380. The molecule has 4 aromatic rings. The van der Waals surface area contributed by atoms with E-state index >= 15 is 0 Å². The van der Waals surface area contributed by atoms with Crippen LogP contribution in [0.25, 0.3) is 16.9 Å². The van der Waals surface area contributed by atoms with E-state index in [4.69, 9.17) is 21.3 Å². The Hall–Kier alpha value is -3.85. The number of hydrogen-bond donors (Lipinski definition) is 0. The van der Waals surface area contributed by atoms with Crippen LogP contribution in [0.1, 0.15) is 28.5 Å². The van der Waals surface area contributed by atoms with Crippen LogP contribution in [0.15, 0.2) is 54.0 Å². The van der Waals surface area contributed by atoms with Crippen LogP contribution in [-0.4, -0.2) is 37.1 Å². The number of carbonyl (C=O) groups is 1. The maximum Gasteiger partial charge on any atom is 0.343 e. The van der Waals surface area contributed by atoms with Gasteiger partial charge in [-0.2, -0.15) is 0 Å². The molecule has 0 spiro atoms. The Morgan fingerprint density at radius 1 is 1.22 bits per heavy atom. The van der Waals surface area contributed by atoms with Gasteiger partial charge in [-0.25, -0.2) is 14.8 Å². The molecule has 0 N–H and O–H groups in total. The van der Waals surface area contributed by atoms with E-state index in [1.807, 2.05) is 17.0 Å². The van der Waals surface area contributed by atoms with Gasteiger partial charge in [0.15, 0.2) is 17.3 Å². The Morgan fingerprint density at radius 3 is 2.84 bits per heavy atom. The molecule has 0 saturated carbocycles. The zero-order valence-electron chi connectivity index (χ0n) is 17.0. The van der Waals surface area contributed by atoms with Crippen molar-refractivity contribution in [2.75, 3.05) is 11.5 Å². The molecule has 0 radical (unpaired) electrons. The number of halogens is 1. The fourth-order valence-corrected chi connectivity index (χ4v) is 4.00. The van der Waals surface area contributed by atoms with Crippen LogP contribution in [0.4, 0.5) is 5.82 Å². The molecule has 0 amide bonds. The molecule has 1 aliphatic rings. The maximum absolute atomic E-state index is 13.1. The van der Waals surface area contributed by atoms with E-state index < -0.39 is 11.4 Å². The Kier molecular flexibility index (Phi) is 5.02. The minimum atomic E-state index is -0.724. The third-order valence-corrected chi connectivity index (χ3v) is 5.47. The zero-order valence-corrected chi connectivity index (χ0v) is 17.8. The quantitative estimate of drug-likeness (QED) is 0.439. The average molecular weight is 449 g/mol. The molecule has 4 aromatic heterocycles. The summed E-state index contributed by atoms with van der Waals surface area (Å²) < 4.78 is 6.62. The fraction of sp³-hybridized carbons (Fsp3) is 0.182. The first-order valence-electron chi connectivity index (χ1n) is 9.94. The van der Waals surface area contributed by atoms with E-state index in [0.29, 0.717) is 35.4 Å². The first kappa shape index (κ1) is 20.1. The Labute approximate surface area is 187 Å². The number of fused-ring (bicyclic) bond motifs is 2. The largest absolute Gasteiger partial charge is 0.462 e. The zero-order chi connectivity index (χ0) is 22.2. The number of pyridine rings is 3. The summed E-state index contributed by atoms with van der Waals surface area (Å²) in [5, 5.41) is 0.485. The van der Waals surface area contributed by atoms with Crippen molar-refractivity contribution in [2.24, 2.45) is 0 Å². The van der Waals surface area contributed by atoms with Crippen molar-refractivity contribution in [2.45, 2.75) is 20.0 Å². The number of carbonyl (C=O) groups excluding carboxylic acids is 1. The molecule has 160 valence electrons. The molecular weight excluding hydrogens is 432 g/mol. The predicted molar refractivity (Wildman–Crippen MR) is 118 cm³/mol. The van der Waals surface area contributed by atoms with Crippen molar-refractivity contribution in [3.8, 4) is 5.82 Å². The number of aromatic nitrogens is 5. The summed E-state index contributed by atoms with van der Waals surface area (Å²) in [4.78, 5) is 45.1. The van der Waals surface area contributed by atoms with Gasteiger partial charge in [0.05, 0.1) is 35.5 Å². The van der Waals surface area contributed by atoms with E-state index in [9.17, 15) is 9.59 Å². The number of hydrogen-bond acceptors (Lipinski definition) is 8. The highest BCUT2D eigenvalue weighted by Gasteiger charge is 2.25. The van der Waals surface area contributed by atoms with Crippen molar-refractivity contribution in [1.82, 2.24) is 24.5 Å². The van der Waals surface area contributed by atoms with Crippen LogP contribution < -0.4 is 10.3 Å². The Balaban J connectivity index is 1.72. The van der Waals surface area contributed by atoms with Crippen molar-refractivity contribution in [3.63, 3.8) is 0 Å². The van der Waals surface area contributed by atoms with Crippen LogP contribution >= 0.6 is 11.6 Å². The first-order valence-corrected chi connectivity index (χ1v) is 10.3. The van der Waals surface area contributed by atoms with Crippen molar-refractivity contribution in [1.29, 1.82) is 0 Å². The highest BCUT2D eigenvalue weighted by atomic mass is 35.5. The fourth-order valence-electron chi connectivity index (χ4n) is 3.73. The molecular formula is C22H17ClN6O3. The lowest BCUT2D eigenvalue weighted by Gasteiger charge is -2.19. The smallest absolute Gasteiger partial charge is 0.343 e. The van der Waals surface area contributed by atoms with E-state index in [1.165, 1.54) is 30.9 Å². The van der Waals surface area contributed by atoms with Gasteiger partial charge in [-0.1, -0.05) is 17.7 Å². The predicted octanol–water partition coefficient (Wildman–Crippen LogP) is 2.92. The lowest BCUT2D eigenvalue weighted by molar-refractivity contribution is 0.0524. The van der Waals surface area contributed by atoms with Gasteiger partial charge in [-0.3, -0.25) is 19.3 Å². The minimum absolute atomic E-state index is 0.131. The average Bonchev–Trinajstić information content (AvgIpc) is 3.24. The summed E-state index contributed by atoms with van der Waals surface area (Å²) in [6.07, 6.45) is 7.70. The minimum Gasteiger partial charge on any atom is -0.462 e. The molecule has 1 aliphatic heterocycles. The van der Waals surface area contributed by atoms with Crippen LogP contribution in [0.3, 0.4) is 0 Å². The third kappa shape index (κ3) is 3.36. The molecule has 10 heteroatoms. The van der Waals surface area contributed by atoms with E-state index in [-0.39, 0.29) is 17.6 Å². The molecule has 0 fully saturated rings. The topological polar surface area (TPSA) is 103 Å². The highest BCUT2D eigenvalue weighted by Crippen LogP contribution is 2.33. The van der Waals surface area contributed by atoms with Gasteiger partial charge in [-0.05, 0) is 24.6 Å². The molecule has 0 unspecified atom stereocenters. The van der Waals surface area contributed by atoms with Crippen molar-refractivity contribution >= 4 is 34.4 Å². The molecule has 0 aromatic carbocycles. The molecule has 32 heavy (non-hydrogen) atoms. The van der Waals surface area contributed by atoms with Crippen molar-refractivity contribution in [3.05, 3.63) is 81.3 Å². The van der Waals surface area contributed by atoms with Gasteiger partial charge in [-0.15, -0.1) is 0 Å². The highest BCUT2D eigenvalue weighted by molar-refractivity contribution is 6.33. The SMILES string of the molecule is CCOC(=O)c1cn(-c2cnccn2)c2nc(N3Cc4cccnc4C3)c(Cl)cc2c1=O. The second-order valence-electron chi connectivity index (χ2n) is 7.16. The molecule has 0 bridgehead atoms. The molecule has 5 rings (SSSR count). The monoisotopic (exact) mass is 448 g/mol. The molecule has 9 nitrogen and oxygen atoms in total. The lowest BCUT2D eigenvalue weighted by atomic mass is 10.2. The van der Waals surface area contributed by atoms with Crippen LogP contribution in [0.5, 0.6) is 0 Å². The summed E-state index contributed by atoms with van der Waals surface area (Å²) in [6.45, 7) is 2.96. The maximum atomic E-state index is 13.1. The standard InChI is InChI=1S/C22H17ClN6O3/c1-2-32-22(31)15-11-29(18-9-24-6-7-26-18)20-14(19(15)30)8-16(23)21(27-20)28-10-13-4-3-5-25-17(13)12-28/h3-9,11H,2,10,12H2,1H3. The number of nitrogens with zero attached hydrogens (tertiary/aromatic N) is 6. The van der Waals surface area contributed by atoms with E-state index in [1.54, 1.807) is 17.7 Å². The lowest BCUT2D eigenvalue weighted by Crippen LogP contribution is -2.23. The van der Waals surface area contributed by atoms with Gasteiger partial charge in [0.1, 0.15) is 5.56 Å². The summed E-state index contributed by atoms with van der Waals surface area (Å²) in [5.74, 6) is 0.187. The van der Waals surface area contributed by atoms with E-state index in [0.717, 1.165) is 11.3 Å².